The van der Waals surface area contributed by atoms with Crippen LogP contribution in [-0.4, -0.2) is 62.5 Å². The zero-order chi connectivity index (χ0) is 21.6. The minimum atomic E-state index is -0.381. The smallest absolute Gasteiger partial charge is 0.317 e. The molecule has 2 aromatic heterocycles. The first kappa shape index (κ1) is 21.5. The molecular formula is C22H28N4O5. The molecule has 0 amide bonds. The topological polar surface area (TPSA) is 112 Å². The predicted octanol–water partition coefficient (Wildman–Crippen LogP) is 3.06. The molecule has 0 aliphatic carbocycles. The van der Waals surface area contributed by atoms with E-state index in [1.54, 1.807) is 31.3 Å². The molecule has 2 atom stereocenters. The molecule has 166 valence electrons. The van der Waals surface area contributed by atoms with Crippen molar-refractivity contribution in [2.24, 2.45) is 0 Å². The molecule has 4 rings (SSSR count). The summed E-state index contributed by atoms with van der Waals surface area (Å²) in [4.78, 5) is 8.67. The van der Waals surface area contributed by atoms with E-state index >= 15 is 0 Å². The molecule has 2 unspecified atom stereocenters. The molecule has 1 saturated heterocycles. The van der Waals surface area contributed by atoms with Crippen molar-refractivity contribution in [3.8, 4) is 23.1 Å². The second kappa shape index (κ2) is 10.0. The summed E-state index contributed by atoms with van der Waals surface area (Å²) in [5, 5.41) is 24.9. The van der Waals surface area contributed by atoms with Crippen molar-refractivity contribution in [2.45, 2.75) is 44.9 Å². The largest absolute Gasteiger partial charge is 0.508 e. The molecule has 0 bridgehead atoms. The molecule has 1 aliphatic heterocycles. The van der Waals surface area contributed by atoms with Gasteiger partial charge in [0.1, 0.15) is 18.1 Å². The highest BCUT2D eigenvalue weighted by Crippen LogP contribution is 2.34. The van der Waals surface area contributed by atoms with Crippen LogP contribution in [0.2, 0.25) is 0 Å². The van der Waals surface area contributed by atoms with Gasteiger partial charge in [0, 0.05) is 24.8 Å². The Labute approximate surface area is 180 Å². The zero-order valence-electron chi connectivity index (χ0n) is 17.6. The zero-order valence-corrected chi connectivity index (χ0v) is 17.6. The van der Waals surface area contributed by atoms with E-state index in [0.29, 0.717) is 44.2 Å². The quantitative estimate of drug-likeness (QED) is 0.500. The number of phenolic OH excluding ortho intramolecular Hbond substituents is 1. The highest BCUT2D eigenvalue weighted by atomic mass is 16.5. The van der Waals surface area contributed by atoms with E-state index in [-0.39, 0.29) is 24.1 Å². The van der Waals surface area contributed by atoms with Gasteiger partial charge in [-0.15, -0.1) is 0 Å². The third kappa shape index (κ3) is 5.30. The van der Waals surface area contributed by atoms with Crippen LogP contribution in [0, 0.1) is 0 Å². The van der Waals surface area contributed by atoms with Crippen LogP contribution in [-0.2, 0) is 9.47 Å². The van der Waals surface area contributed by atoms with E-state index in [2.05, 4.69) is 9.97 Å². The number of aromatic hydroxyl groups is 1. The lowest BCUT2D eigenvalue weighted by molar-refractivity contribution is -0.0365. The summed E-state index contributed by atoms with van der Waals surface area (Å²) in [7, 11) is 0. The van der Waals surface area contributed by atoms with Gasteiger partial charge in [-0.2, -0.15) is 10.1 Å². The maximum Gasteiger partial charge on any atom is 0.317 e. The number of aromatic nitrogens is 4. The van der Waals surface area contributed by atoms with Gasteiger partial charge in [0.25, 0.3) is 0 Å². The van der Waals surface area contributed by atoms with E-state index in [1.807, 2.05) is 10.7 Å². The molecule has 0 saturated carbocycles. The normalized spacial score (nSPS) is 17.7. The Morgan fingerprint density at radius 1 is 1.23 bits per heavy atom. The third-order valence-electron chi connectivity index (χ3n) is 5.13. The lowest BCUT2D eigenvalue weighted by Gasteiger charge is -2.23. The second-order valence-corrected chi connectivity index (χ2v) is 7.64. The fourth-order valence-corrected chi connectivity index (χ4v) is 3.54. The van der Waals surface area contributed by atoms with E-state index < -0.39 is 0 Å². The molecule has 9 heteroatoms. The Hall–Kier alpha value is -2.75. The summed E-state index contributed by atoms with van der Waals surface area (Å²) >= 11 is 0. The monoisotopic (exact) mass is 428 g/mol. The molecule has 0 spiro atoms. The molecule has 1 aromatic carbocycles. The van der Waals surface area contributed by atoms with E-state index in [0.717, 1.165) is 30.2 Å². The van der Waals surface area contributed by atoms with E-state index in [9.17, 15) is 10.2 Å². The Morgan fingerprint density at radius 3 is 2.94 bits per heavy atom. The van der Waals surface area contributed by atoms with Gasteiger partial charge in [0.05, 0.1) is 23.9 Å². The fourth-order valence-electron chi connectivity index (χ4n) is 3.54. The first-order chi connectivity index (χ1) is 15.1. The van der Waals surface area contributed by atoms with Gasteiger partial charge >= 0.3 is 6.01 Å². The molecule has 3 aromatic rings. The molecule has 3 heterocycles. The maximum atomic E-state index is 10.0. The van der Waals surface area contributed by atoms with Gasteiger partial charge in [-0.1, -0.05) is 0 Å². The van der Waals surface area contributed by atoms with Gasteiger partial charge in [-0.25, -0.2) is 9.67 Å². The molecular weight excluding hydrogens is 400 g/mol. The van der Waals surface area contributed by atoms with Crippen LogP contribution in [0.25, 0.3) is 22.3 Å². The van der Waals surface area contributed by atoms with Crippen molar-refractivity contribution >= 4 is 10.9 Å². The number of phenols is 1. The van der Waals surface area contributed by atoms with Crippen molar-refractivity contribution in [1.82, 2.24) is 19.7 Å². The van der Waals surface area contributed by atoms with Gasteiger partial charge < -0.3 is 24.4 Å². The maximum absolute atomic E-state index is 10.0. The van der Waals surface area contributed by atoms with Crippen molar-refractivity contribution in [3.05, 3.63) is 30.5 Å². The number of aliphatic hydroxyl groups is 1. The van der Waals surface area contributed by atoms with Crippen LogP contribution in [0.4, 0.5) is 0 Å². The van der Waals surface area contributed by atoms with Crippen molar-refractivity contribution in [3.63, 3.8) is 0 Å². The summed E-state index contributed by atoms with van der Waals surface area (Å²) in [5.41, 5.74) is 2.12. The predicted molar refractivity (Wildman–Crippen MR) is 114 cm³/mol. The minimum Gasteiger partial charge on any atom is -0.508 e. The van der Waals surface area contributed by atoms with Crippen LogP contribution in [0.15, 0.2) is 30.5 Å². The van der Waals surface area contributed by atoms with Crippen LogP contribution in [0.1, 0.15) is 38.8 Å². The SMILES string of the molecule is CC(O)CCOCCOc1nccc(-c2nn(C3CCCCO3)c3ccc(O)cc23)n1. The second-order valence-electron chi connectivity index (χ2n) is 7.64. The van der Waals surface area contributed by atoms with Crippen LogP contribution in [0.3, 0.4) is 0 Å². The Morgan fingerprint density at radius 2 is 2.13 bits per heavy atom. The standard InChI is InChI=1S/C22H28N4O5/c1-15(27)8-11-29-12-13-31-22-23-9-7-18(24-22)21-17-14-16(28)5-6-19(17)26(25-21)20-4-2-3-10-30-20/h5-7,9,14-15,20,27-28H,2-4,8,10-13H2,1H3. The van der Waals surface area contributed by atoms with Crippen LogP contribution >= 0.6 is 0 Å². The van der Waals surface area contributed by atoms with Crippen LogP contribution in [0.5, 0.6) is 11.8 Å². The van der Waals surface area contributed by atoms with E-state index in [1.165, 1.54) is 0 Å². The average molecular weight is 428 g/mol. The lowest BCUT2D eigenvalue weighted by atomic mass is 10.1. The van der Waals surface area contributed by atoms with Gasteiger partial charge in [-0.05, 0) is 56.9 Å². The Kier molecular flexibility index (Phi) is 6.96. The highest BCUT2D eigenvalue weighted by molar-refractivity contribution is 5.93. The number of hydrogen-bond donors (Lipinski definition) is 2. The van der Waals surface area contributed by atoms with E-state index in [4.69, 9.17) is 19.3 Å². The number of hydrogen-bond acceptors (Lipinski definition) is 8. The molecule has 1 aliphatic rings. The minimum absolute atomic E-state index is 0.133. The lowest BCUT2D eigenvalue weighted by Crippen LogP contribution is -2.19. The third-order valence-corrected chi connectivity index (χ3v) is 5.13. The average Bonchev–Trinajstić information content (AvgIpc) is 3.15. The van der Waals surface area contributed by atoms with Crippen molar-refractivity contribution in [1.29, 1.82) is 0 Å². The summed E-state index contributed by atoms with van der Waals surface area (Å²) in [6, 6.07) is 7.19. The first-order valence-corrected chi connectivity index (χ1v) is 10.7. The summed E-state index contributed by atoms with van der Waals surface area (Å²) in [5.74, 6) is 0.165. The molecule has 9 nitrogen and oxygen atoms in total. The first-order valence-electron chi connectivity index (χ1n) is 10.7. The number of rotatable bonds is 9. The molecule has 2 N–H and O–H groups in total. The number of benzene rings is 1. The summed E-state index contributed by atoms with van der Waals surface area (Å²) < 4.78 is 18.8. The number of fused-ring (bicyclic) bond motifs is 1. The van der Waals surface area contributed by atoms with Gasteiger partial charge in [0.2, 0.25) is 0 Å². The summed E-state index contributed by atoms with van der Waals surface area (Å²) in [6.07, 6.45) is 4.73. The Bertz CT molecular complexity index is 1000. The van der Waals surface area contributed by atoms with Gasteiger partial charge in [-0.3, -0.25) is 0 Å². The number of aliphatic hydroxyl groups excluding tert-OH is 1. The summed E-state index contributed by atoms with van der Waals surface area (Å²) in [6.45, 7) is 3.59. The van der Waals surface area contributed by atoms with Crippen LogP contribution < -0.4 is 4.74 Å². The molecule has 31 heavy (non-hydrogen) atoms. The number of ether oxygens (including phenoxy) is 3. The van der Waals surface area contributed by atoms with Crippen molar-refractivity contribution in [2.75, 3.05) is 26.4 Å². The van der Waals surface area contributed by atoms with Crippen molar-refractivity contribution < 1.29 is 24.4 Å². The number of nitrogens with zero attached hydrogens (tertiary/aromatic N) is 4. The highest BCUT2D eigenvalue weighted by Gasteiger charge is 2.22. The molecule has 1 fully saturated rings. The fraction of sp³-hybridized carbons (Fsp3) is 0.500. The Balaban J connectivity index is 1.53. The van der Waals surface area contributed by atoms with Gasteiger partial charge in [0.15, 0.2) is 6.23 Å². The molecule has 0 radical (unpaired) electrons.